The molecule has 0 saturated heterocycles. The van der Waals surface area contributed by atoms with Crippen LogP contribution in [0.3, 0.4) is 0 Å². The standard InChI is InChI=1S/C17H20N2O2S/c1-12(15(20)10-13-6-4-3-5-7-13)19-17(21)14-8-9-16(22-2)18-11-14/h3-9,11-12,15,20H,10H2,1-2H3,(H,19,21). The highest BCUT2D eigenvalue weighted by Gasteiger charge is 2.18. The minimum Gasteiger partial charge on any atom is -0.391 e. The van der Waals surface area contributed by atoms with Gasteiger partial charge < -0.3 is 10.4 Å². The number of hydrogen-bond acceptors (Lipinski definition) is 4. The van der Waals surface area contributed by atoms with Crippen LogP contribution in [0.2, 0.25) is 0 Å². The maximum atomic E-state index is 12.1. The molecule has 2 rings (SSSR count). The summed E-state index contributed by atoms with van der Waals surface area (Å²) in [5, 5.41) is 13.9. The number of rotatable bonds is 6. The molecule has 4 nitrogen and oxygen atoms in total. The number of thioether (sulfide) groups is 1. The average Bonchev–Trinajstić information content (AvgIpc) is 2.55. The van der Waals surface area contributed by atoms with Crippen LogP contribution < -0.4 is 5.32 Å². The fourth-order valence-corrected chi connectivity index (χ4v) is 2.42. The fraction of sp³-hybridized carbons (Fsp3) is 0.294. The highest BCUT2D eigenvalue weighted by atomic mass is 32.2. The Balaban J connectivity index is 1.92. The van der Waals surface area contributed by atoms with Gasteiger partial charge in [-0.2, -0.15) is 0 Å². The van der Waals surface area contributed by atoms with Crippen molar-refractivity contribution in [3.8, 4) is 0 Å². The number of aromatic nitrogens is 1. The third-order valence-electron chi connectivity index (χ3n) is 3.43. The molecule has 22 heavy (non-hydrogen) atoms. The summed E-state index contributed by atoms with van der Waals surface area (Å²) < 4.78 is 0. The molecule has 0 aliphatic heterocycles. The number of benzene rings is 1. The number of amides is 1. The van der Waals surface area contributed by atoms with Gasteiger partial charge in [-0.25, -0.2) is 4.98 Å². The van der Waals surface area contributed by atoms with Crippen molar-refractivity contribution in [1.82, 2.24) is 10.3 Å². The topological polar surface area (TPSA) is 62.2 Å². The van der Waals surface area contributed by atoms with Crippen molar-refractivity contribution in [2.75, 3.05) is 6.26 Å². The average molecular weight is 316 g/mol. The summed E-state index contributed by atoms with van der Waals surface area (Å²) in [6.45, 7) is 1.80. The van der Waals surface area contributed by atoms with E-state index in [1.165, 1.54) is 11.8 Å². The normalized spacial score (nSPS) is 13.4. The first-order chi connectivity index (χ1) is 10.6. The number of hydrogen-bond donors (Lipinski definition) is 2. The quantitative estimate of drug-likeness (QED) is 0.804. The van der Waals surface area contributed by atoms with Gasteiger partial charge in [0.05, 0.1) is 22.7 Å². The third-order valence-corrected chi connectivity index (χ3v) is 4.09. The number of carbonyl (C=O) groups excluding carboxylic acids is 1. The van der Waals surface area contributed by atoms with Gasteiger partial charge in [0.1, 0.15) is 0 Å². The molecule has 2 unspecified atom stereocenters. The second-order valence-corrected chi connectivity index (χ2v) is 5.93. The summed E-state index contributed by atoms with van der Waals surface area (Å²) in [6.07, 6.45) is 3.36. The molecule has 1 heterocycles. The molecule has 0 fully saturated rings. The SMILES string of the molecule is CSc1ccc(C(=O)NC(C)C(O)Cc2ccccc2)cn1. The van der Waals surface area contributed by atoms with Gasteiger partial charge in [0.15, 0.2) is 0 Å². The number of nitrogens with one attached hydrogen (secondary N) is 1. The second-order valence-electron chi connectivity index (χ2n) is 5.11. The molecule has 2 aromatic rings. The van der Waals surface area contributed by atoms with E-state index in [2.05, 4.69) is 10.3 Å². The summed E-state index contributed by atoms with van der Waals surface area (Å²) in [5.41, 5.74) is 1.54. The minimum absolute atomic E-state index is 0.222. The highest BCUT2D eigenvalue weighted by Crippen LogP contribution is 2.11. The molecular weight excluding hydrogens is 296 g/mol. The van der Waals surface area contributed by atoms with Crippen LogP contribution >= 0.6 is 11.8 Å². The van der Waals surface area contributed by atoms with Crippen molar-refractivity contribution in [3.05, 3.63) is 59.8 Å². The Morgan fingerprint density at radius 2 is 2.00 bits per heavy atom. The van der Waals surface area contributed by atoms with E-state index >= 15 is 0 Å². The van der Waals surface area contributed by atoms with Crippen molar-refractivity contribution < 1.29 is 9.90 Å². The van der Waals surface area contributed by atoms with E-state index in [1.54, 1.807) is 19.2 Å². The van der Waals surface area contributed by atoms with E-state index in [9.17, 15) is 9.90 Å². The van der Waals surface area contributed by atoms with Crippen molar-refractivity contribution in [2.24, 2.45) is 0 Å². The van der Waals surface area contributed by atoms with Crippen molar-refractivity contribution in [2.45, 2.75) is 30.5 Å². The third kappa shape index (κ3) is 4.58. The van der Waals surface area contributed by atoms with E-state index in [4.69, 9.17) is 0 Å². The van der Waals surface area contributed by atoms with Gasteiger partial charge in [-0.3, -0.25) is 4.79 Å². The lowest BCUT2D eigenvalue weighted by atomic mass is 10.0. The predicted molar refractivity (Wildman–Crippen MR) is 89.1 cm³/mol. The van der Waals surface area contributed by atoms with Crippen molar-refractivity contribution in [1.29, 1.82) is 0 Å². The highest BCUT2D eigenvalue weighted by molar-refractivity contribution is 7.98. The lowest BCUT2D eigenvalue weighted by molar-refractivity contribution is 0.0851. The first-order valence-electron chi connectivity index (χ1n) is 7.13. The first-order valence-corrected chi connectivity index (χ1v) is 8.35. The Bertz CT molecular complexity index is 602. The molecule has 2 N–H and O–H groups in total. The van der Waals surface area contributed by atoms with Crippen molar-refractivity contribution in [3.63, 3.8) is 0 Å². The summed E-state index contributed by atoms with van der Waals surface area (Å²) >= 11 is 1.53. The summed E-state index contributed by atoms with van der Waals surface area (Å²) in [5.74, 6) is -0.222. The molecule has 1 aromatic carbocycles. The minimum atomic E-state index is -0.634. The van der Waals surface area contributed by atoms with Crippen LogP contribution in [0.1, 0.15) is 22.8 Å². The fourth-order valence-electron chi connectivity index (χ4n) is 2.05. The van der Waals surface area contributed by atoms with Gasteiger partial charge >= 0.3 is 0 Å². The van der Waals surface area contributed by atoms with Gasteiger partial charge in [-0.1, -0.05) is 30.3 Å². The van der Waals surface area contributed by atoms with Crippen LogP contribution in [0.25, 0.3) is 0 Å². The maximum absolute atomic E-state index is 12.1. The Kier molecular flexibility index (Phi) is 5.98. The van der Waals surface area contributed by atoms with E-state index in [0.717, 1.165) is 10.6 Å². The molecule has 2 atom stereocenters. The lowest BCUT2D eigenvalue weighted by Crippen LogP contribution is -2.42. The number of nitrogens with zero attached hydrogens (tertiary/aromatic N) is 1. The molecule has 0 spiro atoms. The van der Waals surface area contributed by atoms with Crippen LogP contribution in [0.15, 0.2) is 53.7 Å². The summed E-state index contributed by atoms with van der Waals surface area (Å²) in [6, 6.07) is 12.9. The Morgan fingerprint density at radius 1 is 1.27 bits per heavy atom. The van der Waals surface area contributed by atoms with Gasteiger partial charge in [0.2, 0.25) is 0 Å². The predicted octanol–water partition coefficient (Wildman–Crippen LogP) is 2.53. The summed E-state index contributed by atoms with van der Waals surface area (Å²) in [7, 11) is 0. The second kappa shape index (κ2) is 7.96. The molecule has 0 saturated carbocycles. The van der Waals surface area contributed by atoms with E-state index < -0.39 is 6.10 Å². The first kappa shape index (κ1) is 16.5. The number of carbonyl (C=O) groups is 1. The van der Waals surface area contributed by atoms with Crippen LogP contribution in [0.4, 0.5) is 0 Å². The van der Waals surface area contributed by atoms with Crippen LogP contribution in [-0.4, -0.2) is 34.4 Å². The molecule has 1 amide bonds. The Labute approximate surface area is 135 Å². The zero-order valence-electron chi connectivity index (χ0n) is 12.7. The molecule has 5 heteroatoms. The molecule has 0 bridgehead atoms. The van der Waals surface area contributed by atoms with E-state index in [1.807, 2.05) is 42.7 Å². The van der Waals surface area contributed by atoms with Gasteiger partial charge in [-0.15, -0.1) is 11.8 Å². The van der Waals surface area contributed by atoms with Gasteiger partial charge in [-0.05, 0) is 30.9 Å². The number of pyridine rings is 1. The smallest absolute Gasteiger partial charge is 0.253 e. The molecule has 0 radical (unpaired) electrons. The molecule has 0 aliphatic rings. The van der Waals surface area contributed by atoms with Crippen molar-refractivity contribution >= 4 is 17.7 Å². The van der Waals surface area contributed by atoms with E-state index in [-0.39, 0.29) is 11.9 Å². The monoisotopic (exact) mass is 316 g/mol. The zero-order valence-corrected chi connectivity index (χ0v) is 13.5. The van der Waals surface area contributed by atoms with Crippen LogP contribution in [0.5, 0.6) is 0 Å². The van der Waals surface area contributed by atoms with E-state index in [0.29, 0.717) is 12.0 Å². The molecule has 1 aromatic heterocycles. The number of aliphatic hydroxyl groups excluding tert-OH is 1. The maximum Gasteiger partial charge on any atom is 0.253 e. The van der Waals surface area contributed by atoms with Crippen LogP contribution in [-0.2, 0) is 6.42 Å². The zero-order chi connectivity index (χ0) is 15.9. The Morgan fingerprint density at radius 3 is 2.59 bits per heavy atom. The largest absolute Gasteiger partial charge is 0.391 e. The lowest BCUT2D eigenvalue weighted by Gasteiger charge is -2.20. The van der Waals surface area contributed by atoms with Gasteiger partial charge in [0.25, 0.3) is 5.91 Å². The van der Waals surface area contributed by atoms with Gasteiger partial charge in [0, 0.05) is 12.6 Å². The molecular formula is C17H20N2O2S. The molecule has 0 aliphatic carbocycles. The number of aliphatic hydroxyl groups is 1. The molecule has 116 valence electrons. The Hall–Kier alpha value is -1.85. The summed E-state index contributed by atoms with van der Waals surface area (Å²) in [4.78, 5) is 16.3. The van der Waals surface area contributed by atoms with Crippen LogP contribution in [0, 0.1) is 0 Å².